The monoisotopic (exact) mass is 490 g/mol. The first-order chi connectivity index (χ1) is 16.0. The van der Waals surface area contributed by atoms with Gasteiger partial charge in [-0.2, -0.15) is 0 Å². The van der Waals surface area contributed by atoms with Crippen molar-refractivity contribution in [1.82, 2.24) is 20.6 Å². The minimum atomic E-state index is -0.505. The largest absolute Gasteiger partial charge is 0.396 e. The van der Waals surface area contributed by atoms with E-state index in [0.717, 1.165) is 47.8 Å². The number of aryl methyl sites for hydroxylation is 2. The van der Waals surface area contributed by atoms with E-state index in [2.05, 4.69) is 15.6 Å². The van der Waals surface area contributed by atoms with Gasteiger partial charge in [0.1, 0.15) is 16.5 Å². The molecule has 0 aliphatic carbocycles. The third kappa shape index (κ3) is 5.63. The third-order valence-corrected chi connectivity index (χ3v) is 7.54. The fourth-order valence-electron chi connectivity index (χ4n) is 4.13. The number of H-pyrrole nitrogens is 1. The smallest absolute Gasteiger partial charge is 0.268 e. The maximum absolute atomic E-state index is 13.9. The Bertz CT molecular complexity index is 1110. The van der Waals surface area contributed by atoms with Crippen LogP contribution in [0.3, 0.4) is 0 Å². The number of rotatable bonds is 8. The van der Waals surface area contributed by atoms with Gasteiger partial charge in [0.2, 0.25) is 0 Å². The van der Waals surface area contributed by atoms with Crippen molar-refractivity contribution in [1.29, 1.82) is 0 Å². The van der Waals surface area contributed by atoms with Crippen LogP contribution in [-0.2, 0) is 6.42 Å². The van der Waals surface area contributed by atoms with Crippen LogP contribution in [0.5, 0.6) is 0 Å². The summed E-state index contributed by atoms with van der Waals surface area (Å²) in [5.74, 6) is -0.743. The number of nitrogens with zero attached hydrogens (tertiary/aromatic N) is 1. The molecule has 0 bridgehead atoms. The highest BCUT2D eigenvalue weighted by Gasteiger charge is 2.30. The second kappa shape index (κ2) is 10.8. The van der Waals surface area contributed by atoms with Crippen LogP contribution in [-0.4, -0.2) is 40.2 Å². The lowest BCUT2D eigenvalue weighted by Crippen LogP contribution is -2.46. The molecule has 0 unspecified atom stereocenters. The summed E-state index contributed by atoms with van der Waals surface area (Å²) in [6.07, 6.45) is 4.64. The van der Waals surface area contributed by atoms with E-state index in [4.69, 9.17) is 16.6 Å². The van der Waals surface area contributed by atoms with Crippen LogP contribution < -0.4 is 10.6 Å². The molecule has 6 nitrogen and oxygen atoms in total. The normalized spacial score (nSPS) is 17.2. The van der Waals surface area contributed by atoms with E-state index in [9.17, 15) is 14.3 Å². The number of thiazole rings is 1. The summed E-state index contributed by atoms with van der Waals surface area (Å²) in [5.41, 5.74) is 2.60. The molecular formula is C24H28ClFN4O2S. The number of piperidine rings is 1. The molecule has 1 amide bonds. The first-order valence-corrected chi connectivity index (χ1v) is 12.4. The van der Waals surface area contributed by atoms with E-state index in [-0.39, 0.29) is 29.6 Å². The Morgan fingerprint density at radius 3 is 2.94 bits per heavy atom. The molecule has 1 aromatic carbocycles. The van der Waals surface area contributed by atoms with Crippen molar-refractivity contribution in [2.24, 2.45) is 0 Å². The molecular weight excluding hydrogens is 463 g/mol. The minimum Gasteiger partial charge on any atom is -0.396 e. The summed E-state index contributed by atoms with van der Waals surface area (Å²) in [5, 5.41) is 16.8. The van der Waals surface area contributed by atoms with E-state index < -0.39 is 5.82 Å². The number of nitrogens with one attached hydrogen (secondary N) is 3. The molecule has 0 spiro atoms. The Kier molecular flexibility index (Phi) is 7.80. The van der Waals surface area contributed by atoms with Gasteiger partial charge < -0.3 is 20.7 Å². The zero-order valence-corrected chi connectivity index (χ0v) is 20.0. The van der Waals surface area contributed by atoms with Gasteiger partial charge in [-0.15, -0.1) is 11.3 Å². The van der Waals surface area contributed by atoms with Crippen LogP contribution in [0.2, 0.25) is 5.02 Å². The van der Waals surface area contributed by atoms with Crippen LogP contribution in [0, 0.1) is 12.7 Å². The molecule has 176 valence electrons. The molecule has 1 fully saturated rings. The lowest BCUT2D eigenvalue weighted by Gasteiger charge is -2.30. The standard InChI is InChI=1S/C24H28ClFN4O2S/c1-14-21(6-4-12-31)33-24(28-14)22(19-5-2-3-11-27-19)30-23(32)20-10-9-18(29-20)15-7-8-16(25)17(26)13-15/h7-10,13,19,22,27,29,31H,2-6,11-12H2,1H3,(H,30,32)/t19-,22+/m0/s1. The van der Waals surface area contributed by atoms with E-state index in [1.54, 1.807) is 29.5 Å². The van der Waals surface area contributed by atoms with Crippen molar-refractivity contribution in [2.45, 2.75) is 51.1 Å². The molecule has 4 N–H and O–H groups in total. The summed E-state index contributed by atoms with van der Waals surface area (Å²) in [6, 6.07) is 7.84. The first kappa shape index (κ1) is 23.9. The van der Waals surface area contributed by atoms with E-state index in [1.165, 1.54) is 12.1 Å². The Hall–Kier alpha value is -2.26. The Balaban J connectivity index is 1.55. The van der Waals surface area contributed by atoms with E-state index >= 15 is 0 Å². The molecule has 9 heteroatoms. The number of halogens is 2. The van der Waals surface area contributed by atoms with Crippen molar-refractivity contribution < 1.29 is 14.3 Å². The Morgan fingerprint density at radius 2 is 2.21 bits per heavy atom. The van der Waals surface area contributed by atoms with E-state index in [1.807, 2.05) is 6.92 Å². The number of aliphatic hydroxyl groups is 1. The maximum Gasteiger partial charge on any atom is 0.268 e. The zero-order chi connectivity index (χ0) is 23.4. The Morgan fingerprint density at radius 1 is 1.36 bits per heavy atom. The van der Waals surface area contributed by atoms with Crippen molar-refractivity contribution >= 4 is 28.8 Å². The number of aliphatic hydroxyl groups excluding tert-OH is 1. The third-order valence-electron chi connectivity index (χ3n) is 5.94. The van der Waals surface area contributed by atoms with E-state index in [0.29, 0.717) is 23.4 Å². The topological polar surface area (TPSA) is 90.0 Å². The number of benzene rings is 1. The van der Waals surface area contributed by atoms with Gasteiger partial charge in [-0.3, -0.25) is 4.79 Å². The molecule has 33 heavy (non-hydrogen) atoms. The SMILES string of the molecule is Cc1nc([C@H](NC(=O)c2ccc(-c3ccc(Cl)c(F)c3)[nH]2)[C@@H]2CCCCN2)sc1CCCO. The fraction of sp³-hybridized carbons (Fsp3) is 0.417. The van der Waals surface area contributed by atoms with Gasteiger partial charge in [0, 0.05) is 28.8 Å². The second-order valence-corrected chi connectivity index (χ2v) is 9.83. The lowest BCUT2D eigenvalue weighted by molar-refractivity contribution is 0.0918. The van der Waals surface area contributed by atoms with Crippen LogP contribution in [0.25, 0.3) is 11.3 Å². The number of hydrogen-bond acceptors (Lipinski definition) is 5. The number of carbonyl (C=O) groups is 1. The quantitative estimate of drug-likeness (QED) is 0.366. The average molecular weight is 491 g/mol. The summed E-state index contributed by atoms with van der Waals surface area (Å²) < 4.78 is 13.9. The molecule has 1 aliphatic heterocycles. The van der Waals surface area contributed by atoms with Gasteiger partial charge in [0.15, 0.2) is 0 Å². The van der Waals surface area contributed by atoms with Gasteiger partial charge in [-0.05, 0) is 63.4 Å². The Labute approximate surface area is 201 Å². The first-order valence-electron chi connectivity index (χ1n) is 11.2. The van der Waals surface area contributed by atoms with Crippen molar-refractivity contribution in [3.8, 4) is 11.3 Å². The minimum absolute atomic E-state index is 0.0585. The van der Waals surface area contributed by atoms with Gasteiger partial charge >= 0.3 is 0 Å². The molecule has 4 rings (SSSR count). The molecule has 1 aliphatic rings. The fourth-order valence-corrected chi connectivity index (χ4v) is 5.47. The van der Waals surface area contributed by atoms with Crippen LogP contribution in [0.4, 0.5) is 4.39 Å². The van der Waals surface area contributed by atoms with Gasteiger partial charge in [0.05, 0.1) is 16.8 Å². The number of aromatic nitrogens is 2. The van der Waals surface area contributed by atoms with Gasteiger partial charge in [0.25, 0.3) is 5.91 Å². The van der Waals surface area contributed by atoms with Crippen molar-refractivity contribution in [2.75, 3.05) is 13.2 Å². The molecule has 2 atom stereocenters. The summed E-state index contributed by atoms with van der Waals surface area (Å²) in [6.45, 7) is 3.03. The lowest BCUT2D eigenvalue weighted by atomic mass is 9.98. The summed E-state index contributed by atoms with van der Waals surface area (Å²) in [7, 11) is 0. The number of carbonyl (C=O) groups excluding carboxylic acids is 1. The average Bonchev–Trinajstić information content (AvgIpc) is 3.45. The van der Waals surface area contributed by atoms with Crippen LogP contribution in [0.15, 0.2) is 30.3 Å². The highest BCUT2D eigenvalue weighted by atomic mass is 35.5. The number of hydrogen-bond donors (Lipinski definition) is 4. The maximum atomic E-state index is 13.9. The molecule has 0 radical (unpaired) electrons. The predicted octanol–water partition coefficient (Wildman–Crippen LogP) is 4.78. The second-order valence-electron chi connectivity index (χ2n) is 8.31. The zero-order valence-electron chi connectivity index (χ0n) is 18.5. The number of amides is 1. The van der Waals surface area contributed by atoms with Gasteiger partial charge in [-0.1, -0.05) is 24.1 Å². The van der Waals surface area contributed by atoms with Crippen LogP contribution in [0.1, 0.15) is 57.8 Å². The molecule has 0 saturated carbocycles. The molecule has 2 aromatic heterocycles. The van der Waals surface area contributed by atoms with Crippen LogP contribution >= 0.6 is 22.9 Å². The predicted molar refractivity (Wildman–Crippen MR) is 129 cm³/mol. The summed E-state index contributed by atoms with van der Waals surface area (Å²) in [4.78, 5) is 22.2. The molecule has 1 saturated heterocycles. The number of aromatic amines is 1. The highest BCUT2D eigenvalue weighted by Crippen LogP contribution is 2.30. The van der Waals surface area contributed by atoms with Crippen molar-refractivity contribution in [3.63, 3.8) is 0 Å². The molecule has 3 aromatic rings. The highest BCUT2D eigenvalue weighted by molar-refractivity contribution is 7.11. The van der Waals surface area contributed by atoms with Gasteiger partial charge in [-0.25, -0.2) is 9.37 Å². The molecule has 3 heterocycles. The van der Waals surface area contributed by atoms with Crippen molar-refractivity contribution in [3.05, 3.63) is 62.4 Å². The summed E-state index contributed by atoms with van der Waals surface area (Å²) >= 11 is 7.38.